The molecule has 0 aliphatic carbocycles. The van der Waals surface area contributed by atoms with Crippen molar-refractivity contribution < 1.29 is 9.53 Å². The molecule has 0 spiro atoms. The largest absolute Gasteiger partial charge is 0.497 e. The Kier molecular flexibility index (Phi) is 3.79. The summed E-state index contributed by atoms with van der Waals surface area (Å²) in [7, 11) is 1.65. The van der Waals surface area contributed by atoms with Crippen LogP contribution in [0.15, 0.2) is 54.7 Å². The number of rotatable bonds is 4. The van der Waals surface area contributed by atoms with Crippen molar-refractivity contribution in [1.29, 1.82) is 0 Å². The average Bonchev–Trinajstić information content (AvgIpc) is 2.92. The molecule has 0 fully saturated rings. The Morgan fingerprint density at radius 3 is 2.50 bits per heavy atom. The van der Waals surface area contributed by atoms with Gasteiger partial charge < -0.3 is 9.30 Å². The maximum Gasteiger partial charge on any atom is 0.161 e. The topological polar surface area (TPSA) is 31.2 Å². The lowest BCUT2D eigenvalue weighted by molar-refractivity contribution is 0.101. The molecule has 0 aliphatic heterocycles. The highest BCUT2D eigenvalue weighted by Crippen LogP contribution is 2.22. The van der Waals surface area contributed by atoms with Crippen LogP contribution in [0.4, 0.5) is 0 Å². The molecular formula is C19H17NO2. The van der Waals surface area contributed by atoms with E-state index in [4.69, 9.17) is 4.74 Å². The Morgan fingerprint density at radius 1 is 1.09 bits per heavy atom. The highest BCUT2D eigenvalue weighted by atomic mass is 16.5. The van der Waals surface area contributed by atoms with Crippen molar-refractivity contribution in [2.75, 3.05) is 7.11 Å². The number of hydrogen-bond acceptors (Lipinski definition) is 2. The van der Waals surface area contributed by atoms with Crippen molar-refractivity contribution in [3.05, 3.63) is 65.9 Å². The van der Waals surface area contributed by atoms with E-state index in [-0.39, 0.29) is 5.78 Å². The molecule has 22 heavy (non-hydrogen) atoms. The van der Waals surface area contributed by atoms with Crippen LogP contribution in [0.5, 0.6) is 5.75 Å². The van der Waals surface area contributed by atoms with Crippen LogP contribution in [0.1, 0.15) is 22.8 Å². The maximum absolute atomic E-state index is 11.8. The molecule has 0 saturated carbocycles. The molecule has 0 bridgehead atoms. The van der Waals surface area contributed by atoms with E-state index in [9.17, 15) is 4.79 Å². The predicted octanol–water partition coefficient (Wildman–Crippen LogP) is 4.48. The van der Waals surface area contributed by atoms with Crippen LogP contribution >= 0.6 is 0 Å². The average molecular weight is 291 g/mol. The summed E-state index contributed by atoms with van der Waals surface area (Å²) in [6, 6.07) is 15.8. The summed E-state index contributed by atoms with van der Waals surface area (Å²) in [5, 5.41) is 0.981. The van der Waals surface area contributed by atoms with Gasteiger partial charge in [0.05, 0.1) is 12.6 Å². The van der Waals surface area contributed by atoms with Gasteiger partial charge in [0.1, 0.15) is 5.75 Å². The van der Waals surface area contributed by atoms with Crippen LogP contribution < -0.4 is 4.74 Å². The van der Waals surface area contributed by atoms with Gasteiger partial charge >= 0.3 is 0 Å². The first-order valence-corrected chi connectivity index (χ1v) is 7.12. The molecule has 0 N–H and O–H groups in total. The second-order valence-corrected chi connectivity index (χ2v) is 5.11. The number of nitrogens with zero attached hydrogens (tertiary/aromatic N) is 1. The van der Waals surface area contributed by atoms with E-state index in [2.05, 4.69) is 0 Å². The molecule has 0 atom stereocenters. The number of Topliss-reactive ketones (excluding diaryl/α,β-unsaturated/α-hetero) is 1. The monoisotopic (exact) mass is 291 g/mol. The number of ketones is 1. The van der Waals surface area contributed by atoms with E-state index in [0.29, 0.717) is 0 Å². The summed E-state index contributed by atoms with van der Waals surface area (Å²) in [4.78, 5) is 11.8. The van der Waals surface area contributed by atoms with Crippen molar-refractivity contribution >= 4 is 29.0 Å². The molecule has 3 heteroatoms. The van der Waals surface area contributed by atoms with Gasteiger partial charge in [0, 0.05) is 23.3 Å². The number of carbonyl (C=O) groups excluding carboxylic acids is 1. The smallest absolute Gasteiger partial charge is 0.161 e. The minimum absolute atomic E-state index is 0.0767. The van der Waals surface area contributed by atoms with Gasteiger partial charge in [0.15, 0.2) is 5.78 Å². The highest BCUT2D eigenvalue weighted by molar-refractivity contribution is 6.07. The Balaban J connectivity index is 1.99. The lowest BCUT2D eigenvalue weighted by Gasteiger charge is -2.00. The summed E-state index contributed by atoms with van der Waals surface area (Å²) < 4.78 is 7.13. The number of fused-ring (bicyclic) bond motifs is 1. The van der Waals surface area contributed by atoms with Gasteiger partial charge in [0.2, 0.25) is 0 Å². The molecule has 3 aromatic rings. The summed E-state index contributed by atoms with van der Waals surface area (Å²) in [6.07, 6.45) is 5.86. The number of carbonyl (C=O) groups is 1. The summed E-state index contributed by atoms with van der Waals surface area (Å²) in [5.41, 5.74) is 2.84. The van der Waals surface area contributed by atoms with Crippen molar-refractivity contribution in [1.82, 2.24) is 4.57 Å². The van der Waals surface area contributed by atoms with Crippen LogP contribution in [0.25, 0.3) is 23.2 Å². The third kappa shape index (κ3) is 2.66. The molecule has 1 heterocycles. The third-order valence-electron chi connectivity index (χ3n) is 3.66. The summed E-state index contributed by atoms with van der Waals surface area (Å²) in [6.45, 7) is 1.60. The van der Waals surface area contributed by atoms with Gasteiger partial charge in [0.25, 0.3) is 0 Å². The molecule has 0 aliphatic rings. The van der Waals surface area contributed by atoms with Gasteiger partial charge in [-0.2, -0.15) is 0 Å². The zero-order valence-corrected chi connectivity index (χ0v) is 12.6. The molecule has 0 unspecified atom stereocenters. The molecule has 110 valence electrons. The minimum atomic E-state index is 0.0767. The third-order valence-corrected chi connectivity index (χ3v) is 3.66. The van der Waals surface area contributed by atoms with Crippen LogP contribution in [0.2, 0.25) is 0 Å². The SMILES string of the molecule is COc1ccc(/C=C/n2cc(C(C)=O)c3ccccc32)cc1. The number of methoxy groups -OCH3 is 1. The van der Waals surface area contributed by atoms with Crippen LogP contribution in [0, 0.1) is 0 Å². The first kappa shape index (κ1) is 14.1. The number of para-hydroxylation sites is 1. The zero-order valence-electron chi connectivity index (χ0n) is 12.6. The van der Waals surface area contributed by atoms with Gasteiger partial charge in [-0.05, 0) is 36.8 Å². The molecule has 2 aromatic carbocycles. The molecule has 0 saturated heterocycles. The van der Waals surface area contributed by atoms with Gasteiger partial charge in [-0.3, -0.25) is 4.79 Å². The van der Waals surface area contributed by atoms with Crippen molar-refractivity contribution in [3.8, 4) is 5.75 Å². The van der Waals surface area contributed by atoms with Gasteiger partial charge in [-0.15, -0.1) is 0 Å². The minimum Gasteiger partial charge on any atom is -0.497 e. The van der Waals surface area contributed by atoms with Crippen LogP contribution in [-0.2, 0) is 0 Å². The van der Waals surface area contributed by atoms with Crippen molar-refractivity contribution in [3.63, 3.8) is 0 Å². The number of benzene rings is 2. The predicted molar refractivity (Wildman–Crippen MR) is 90.2 cm³/mol. The van der Waals surface area contributed by atoms with Crippen LogP contribution in [-0.4, -0.2) is 17.5 Å². The molecular weight excluding hydrogens is 274 g/mol. The number of aromatic nitrogens is 1. The van der Waals surface area contributed by atoms with Gasteiger partial charge in [-0.25, -0.2) is 0 Å². The number of ether oxygens (including phenoxy) is 1. The lowest BCUT2D eigenvalue weighted by Crippen LogP contribution is -1.88. The fourth-order valence-corrected chi connectivity index (χ4v) is 2.49. The van der Waals surface area contributed by atoms with Crippen molar-refractivity contribution in [2.45, 2.75) is 6.92 Å². The Morgan fingerprint density at radius 2 is 1.82 bits per heavy atom. The fraction of sp³-hybridized carbons (Fsp3) is 0.105. The second-order valence-electron chi connectivity index (χ2n) is 5.11. The molecule has 3 rings (SSSR count). The van der Waals surface area contributed by atoms with Crippen LogP contribution in [0.3, 0.4) is 0 Å². The van der Waals surface area contributed by atoms with E-state index in [1.54, 1.807) is 14.0 Å². The highest BCUT2D eigenvalue weighted by Gasteiger charge is 2.09. The number of hydrogen-bond donors (Lipinski definition) is 0. The molecule has 0 amide bonds. The normalized spacial score (nSPS) is 11.2. The maximum atomic E-state index is 11.8. The van der Waals surface area contributed by atoms with E-state index < -0.39 is 0 Å². The summed E-state index contributed by atoms with van der Waals surface area (Å²) in [5.74, 6) is 0.912. The van der Waals surface area contributed by atoms with E-state index in [0.717, 1.165) is 27.8 Å². The second kappa shape index (κ2) is 5.90. The molecule has 3 nitrogen and oxygen atoms in total. The van der Waals surface area contributed by atoms with Crippen molar-refractivity contribution in [2.24, 2.45) is 0 Å². The Bertz CT molecular complexity index is 842. The van der Waals surface area contributed by atoms with E-state index >= 15 is 0 Å². The quantitative estimate of drug-likeness (QED) is 0.664. The first-order valence-electron chi connectivity index (χ1n) is 7.12. The van der Waals surface area contributed by atoms with E-state index in [1.807, 2.05) is 71.6 Å². The Labute approximate surface area is 129 Å². The van der Waals surface area contributed by atoms with E-state index in [1.165, 1.54) is 0 Å². The first-order chi connectivity index (χ1) is 10.7. The standard InChI is InChI=1S/C19H17NO2/c1-14(21)18-13-20(19-6-4-3-5-17(18)19)12-11-15-7-9-16(22-2)10-8-15/h3-13H,1-2H3/b12-11+. The fourth-order valence-electron chi connectivity index (χ4n) is 2.49. The Hall–Kier alpha value is -2.81. The zero-order chi connectivity index (χ0) is 15.5. The van der Waals surface area contributed by atoms with Gasteiger partial charge in [-0.1, -0.05) is 30.3 Å². The summed E-state index contributed by atoms with van der Waals surface area (Å²) >= 11 is 0. The lowest BCUT2D eigenvalue weighted by atomic mass is 10.1. The molecule has 0 radical (unpaired) electrons. The molecule has 1 aromatic heterocycles.